The highest BCUT2D eigenvalue weighted by Crippen LogP contribution is 2.54. The standard InChI is InChI=1S/C30H37ClN4O3S/c1-18(2)20-5-11-24-21(17-20)6-12-25-28(24)19(3)15-16-30(25,4)29(36)32-22-7-9-23(10-8-22)39(37,38)35-27-14-13-26(31)33-34-27/h7-10,13-14,18-20H,5-6,11-12,15-17H2,1-4H3,(H,32,36)(H,34,35)/t19-,20-,30-/m0/s1. The van der Waals surface area contributed by atoms with Crippen molar-refractivity contribution in [1.82, 2.24) is 10.2 Å². The highest BCUT2D eigenvalue weighted by atomic mass is 35.5. The van der Waals surface area contributed by atoms with Crippen LogP contribution in [0, 0.1) is 23.2 Å². The lowest BCUT2D eigenvalue weighted by Gasteiger charge is -2.45. The lowest BCUT2D eigenvalue weighted by atomic mass is 9.59. The summed E-state index contributed by atoms with van der Waals surface area (Å²) >= 11 is 5.72. The largest absolute Gasteiger partial charge is 0.325 e. The van der Waals surface area contributed by atoms with Crippen LogP contribution in [-0.2, 0) is 14.8 Å². The Balaban J connectivity index is 1.34. The van der Waals surface area contributed by atoms with E-state index in [2.05, 4.69) is 47.9 Å². The molecule has 1 heterocycles. The molecule has 0 saturated heterocycles. The summed E-state index contributed by atoms with van der Waals surface area (Å²) in [5, 5.41) is 10.7. The van der Waals surface area contributed by atoms with Gasteiger partial charge >= 0.3 is 0 Å². The van der Waals surface area contributed by atoms with Gasteiger partial charge in [0.25, 0.3) is 10.0 Å². The molecule has 0 saturated carbocycles. The van der Waals surface area contributed by atoms with E-state index >= 15 is 0 Å². The monoisotopic (exact) mass is 568 g/mol. The molecule has 1 aromatic carbocycles. The van der Waals surface area contributed by atoms with E-state index in [-0.39, 0.29) is 21.8 Å². The highest BCUT2D eigenvalue weighted by Gasteiger charge is 2.45. The molecule has 3 atom stereocenters. The Bertz CT molecular complexity index is 1430. The molecule has 0 aliphatic heterocycles. The fourth-order valence-electron chi connectivity index (χ4n) is 6.56. The minimum absolute atomic E-state index is 0.0213. The molecule has 5 rings (SSSR count). The van der Waals surface area contributed by atoms with Crippen LogP contribution < -0.4 is 10.0 Å². The lowest BCUT2D eigenvalue weighted by Crippen LogP contribution is -2.41. The summed E-state index contributed by atoms with van der Waals surface area (Å²) in [6, 6.07) is 9.09. The second-order valence-corrected chi connectivity index (χ2v) is 13.9. The second kappa shape index (κ2) is 10.7. The predicted octanol–water partition coefficient (Wildman–Crippen LogP) is 7.15. The Morgan fingerprint density at radius 2 is 1.79 bits per heavy atom. The smallest absolute Gasteiger partial charge is 0.263 e. The zero-order valence-corrected chi connectivity index (χ0v) is 24.6. The molecule has 1 aromatic heterocycles. The number of allylic oxidation sites excluding steroid dienone is 3. The number of carbonyl (C=O) groups excluding carboxylic acids is 1. The topological polar surface area (TPSA) is 101 Å². The van der Waals surface area contributed by atoms with Crippen LogP contribution >= 0.6 is 11.6 Å². The maximum Gasteiger partial charge on any atom is 0.263 e. The summed E-state index contributed by atoms with van der Waals surface area (Å²) in [5.41, 5.74) is 5.94. The van der Waals surface area contributed by atoms with Crippen molar-refractivity contribution in [3.05, 3.63) is 63.8 Å². The molecule has 39 heavy (non-hydrogen) atoms. The van der Waals surface area contributed by atoms with E-state index < -0.39 is 15.4 Å². The first-order valence-electron chi connectivity index (χ1n) is 13.9. The van der Waals surface area contributed by atoms with Gasteiger partial charge in [0.2, 0.25) is 5.91 Å². The van der Waals surface area contributed by atoms with Crippen LogP contribution in [0.5, 0.6) is 0 Å². The number of halogens is 1. The number of hydrogen-bond donors (Lipinski definition) is 2. The second-order valence-electron chi connectivity index (χ2n) is 11.8. The van der Waals surface area contributed by atoms with Crippen molar-refractivity contribution in [3.8, 4) is 0 Å². The first kappa shape index (κ1) is 27.8. The van der Waals surface area contributed by atoms with Crippen LogP contribution in [0.1, 0.15) is 72.6 Å². The van der Waals surface area contributed by atoms with Crippen molar-refractivity contribution in [2.75, 3.05) is 10.0 Å². The maximum absolute atomic E-state index is 13.8. The number of hydrogen-bond acceptors (Lipinski definition) is 5. The van der Waals surface area contributed by atoms with Crippen molar-refractivity contribution < 1.29 is 13.2 Å². The number of rotatable bonds is 6. The van der Waals surface area contributed by atoms with Gasteiger partial charge in [-0.1, -0.05) is 43.5 Å². The van der Waals surface area contributed by atoms with Gasteiger partial charge in [0.05, 0.1) is 10.3 Å². The molecule has 2 N–H and O–H groups in total. The van der Waals surface area contributed by atoms with E-state index in [4.69, 9.17) is 11.6 Å². The molecular formula is C30H37ClN4O3S. The number of fused-ring (bicyclic) bond motifs is 1. The number of nitrogens with zero attached hydrogens (tertiary/aromatic N) is 2. The average Bonchev–Trinajstić information content (AvgIpc) is 2.91. The third-order valence-corrected chi connectivity index (χ3v) is 10.6. The molecule has 0 spiro atoms. The molecular weight excluding hydrogens is 532 g/mol. The predicted molar refractivity (Wildman–Crippen MR) is 155 cm³/mol. The Hall–Kier alpha value is -2.71. The van der Waals surface area contributed by atoms with E-state index in [1.54, 1.807) is 23.3 Å². The first-order valence-corrected chi connectivity index (χ1v) is 15.7. The zero-order chi connectivity index (χ0) is 27.9. The van der Waals surface area contributed by atoms with Crippen molar-refractivity contribution in [3.63, 3.8) is 0 Å². The number of carbonyl (C=O) groups is 1. The van der Waals surface area contributed by atoms with Crippen LogP contribution in [0.25, 0.3) is 0 Å². The maximum atomic E-state index is 13.8. The van der Waals surface area contributed by atoms with Crippen molar-refractivity contribution in [2.45, 2.75) is 77.5 Å². The lowest BCUT2D eigenvalue weighted by molar-refractivity contribution is -0.123. The van der Waals surface area contributed by atoms with Gasteiger partial charge in [-0.3, -0.25) is 9.52 Å². The number of aromatic nitrogens is 2. The Kier molecular flexibility index (Phi) is 7.63. The van der Waals surface area contributed by atoms with Crippen LogP contribution in [-0.4, -0.2) is 24.5 Å². The third kappa shape index (κ3) is 5.50. The molecule has 0 unspecified atom stereocenters. The Morgan fingerprint density at radius 1 is 1.05 bits per heavy atom. The van der Waals surface area contributed by atoms with Gasteiger partial charge in [-0.2, -0.15) is 0 Å². The molecule has 0 bridgehead atoms. The minimum atomic E-state index is -3.87. The molecule has 0 fully saturated rings. The normalized spacial score (nSPS) is 25.3. The summed E-state index contributed by atoms with van der Waals surface area (Å²) in [4.78, 5) is 13.8. The van der Waals surface area contributed by atoms with Crippen LogP contribution in [0.15, 0.2) is 63.6 Å². The van der Waals surface area contributed by atoms with Gasteiger partial charge in [0.1, 0.15) is 0 Å². The molecule has 7 nitrogen and oxygen atoms in total. The number of anilines is 2. The summed E-state index contributed by atoms with van der Waals surface area (Å²) < 4.78 is 27.9. The van der Waals surface area contributed by atoms with Crippen molar-refractivity contribution >= 4 is 39.0 Å². The van der Waals surface area contributed by atoms with Crippen LogP contribution in [0.2, 0.25) is 5.15 Å². The summed E-state index contributed by atoms with van der Waals surface area (Å²) in [7, 11) is -3.87. The van der Waals surface area contributed by atoms with Crippen LogP contribution in [0.3, 0.4) is 0 Å². The number of benzene rings is 1. The zero-order valence-electron chi connectivity index (χ0n) is 23.1. The van der Waals surface area contributed by atoms with E-state index in [0.717, 1.165) is 38.0 Å². The Morgan fingerprint density at radius 3 is 2.46 bits per heavy atom. The van der Waals surface area contributed by atoms with Crippen molar-refractivity contribution in [1.29, 1.82) is 0 Å². The molecule has 3 aliphatic rings. The third-order valence-electron chi connectivity index (χ3n) is 9.00. The van der Waals surface area contributed by atoms with Gasteiger partial charge in [-0.05, 0) is 117 Å². The van der Waals surface area contributed by atoms with Crippen molar-refractivity contribution in [2.24, 2.45) is 23.2 Å². The average molecular weight is 569 g/mol. The van der Waals surface area contributed by atoms with E-state index in [1.807, 2.05) is 0 Å². The number of sulfonamides is 1. The van der Waals surface area contributed by atoms with Crippen LogP contribution in [0.4, 0.5) is 11.5 Å². The van der Waals surface area contributed by atoms with Gasteiger partial charge in [0.15, 0.2) is 11.0 Å². The molecule has 9 heteroatoms. The molecule has 0 radical (unpaired) electrons. The Labute approximate surface area is 236 Å². The summed E-state index contributed by atoms with van der Waals surface area (Å²) in [6.45, 7) is 9.08. The fraction of sp³-hybridized carbons (Fsp3) is 0.500. The van der Waals surface area contributed by atoms with E-state index in [9.17, 15) is 13.2 Å². The molecule has 3 aliphatic carbocycles. The number of nitrogens with one attached hydrogen (secondary N) is 2. The van der Waals surface area contributed by atoms with Gasteiger partial charge in [-0.25, -0.2) is 8.42 Å². The molecule has 208 valence electrons. The minimum Gasteiger partial charge on any atom is -0.325 e. The highest BCUT2D eigenvalue weighted by molar-refractivity contribution is 7.92. The summed E-state index contributed by atoms with van der Waals surface area (Å²) in [5.74, 6) is 2.00. The SMILES string of the molecule is CC(C)[C@H]1CCC2=C(CCC3=C2[C@@H](C)CC[C@]3(C)C(=O)Nc2ccc(S(=O)(=O)Nc3ccc(Cl)nn3)cc2)C1. The first-order chi connectivity index (χ1) is 18.5. The van der Waals surface area contributed by atoms with Gasteiger partial charge in [-0.15, -0.1) is 10.2 Å². The van der Waals surface area contributed by atoms with E-state index in [0.29, 0.717) is 17.5 Å². The van der Waals surface area contributed by atoms with Gasteiger partial charge < -0.3 is 5.32 Å². The molecule has 1 amide bonds. The van der Waals surface area contributed by atoms with E-state index in [1.165, 1.54) is 48.3 Å². The quantitative estimate of drug-likeness (QED) is 0.385. The number of amides is 1. The summed E-state index contributed by atoms with van der Waals surface area (Å²) in [6.07, 6.45) is 7.38. The molecule has 2 aromatic rings. The fourth-order valence-corrected chi connectivity index (χ4v) is 7.66. The van der Waals surface area contributed by atoms with Gasteiger partial charge in [0, 0.05) is 5.69 Å².